The van der Waals surface area contributed by atoms with Crippen molar-refractivity contribution in [3.63, 3.8) is 0 Å². The molecule has 0 spiro atoms. The van der Waals surface area contributed by atoms with Gasteiger partial charge in [0.05, 0.1) is 0 Å². The van der Waals surface area contributed by atoms with Gasteiger partial charge in [-0.05, 0) is 0 Å². The number of hydrogen-bond acceptors (Lipinski definition) is 6. The van der Waals surface area contributed by atoms with Crippen molar-refractivity contribution in [3.05, 3.63) is 167 Å². The van der Waals surface area contributed by atoms with Crippen molar-refractivity contribution in [1.29, 1.82) is 0 Å². The molecule has 0 saturated heterocycles. The Morgan fingerprint density at radius 1 is 0.560 bits per heavy atom. The molecular weight excluding hydrogens is 647 g/mol. The molecule has 0 bridgehead atoms. The predicted octanol–water partition coefficient (Wildman–Crippen LogP) is 7.30. The third kappa shape index (κ3) is 6.48. The Kier molecular flexibility index (Phi) is 9.54. The van der Waals surface area contributed by atoms with Crippen LogP contribution >= 0.6 is 6.83 Å². The number of aromatic hydroxyl groups is 4. The van der Waals surface area contributed by atoms with Crippen LogP contribution in [0.1, 0.15) is 34.2 Å². The summed E-state index contributed by atoms with van der Waals surface area (Å²) >= 11 is 0. The van der Waals surface area contributed by atoms with Crippen LogP contribution in [0.4, 0.5) is 0 Å². The summed E-state index contributed by atoms with van der Waals surface area (Å²) in [4.78, 5) is 12.6. The molecule has 0 aliphatic heterocycles. The fourth-order valence-electron chi connectivity index (χ4n) is 6.90. The summed E-state index contributed by atoms with van der Waals surface area (Å²) in [7, 11) is 0. The molecule has 50 heavy (non-hydrogen) atoms. The quantitative estimate of drug-likeness (QED) is 0.0856. The number of carboxylic acid groups (broad SMARTS) is 1. The number of rotatable bonds is 12. The molecule has 254 valence electrons. The molecule has 6 aromatic carbocycles. The van der Waals surface area contributed by atoms with Gasteiger partial charge in [0.15, 0.2) is 0 Å². The van der Waals surface area contributed by atoms with Crippen LogP contribution in [-0.2, 0) is 17.6 Å². The Morgan fingerprint density at radius 2 is 0.960 bits per heavy atom. The van der Waals surface area contributed by atoms with Gasteiger partial charge in [-0.2, -0.15) is 0 Å². The molecule has 0 radical (unpaired) electrons. The van der Waals surface area contributed by atoms with Crippen molar-refractivity contribution in [2.45, 2.75) is 26.2 Å². The number of benzene rings is 6. The summed E-state index contributed by atoms with van der Waals surface area (Å²) in [6.07, 6.45) is 0.397. The van der Waals surface area contributed by atoms with Crippen LogP contribution in [0.2, 0.25) is 0 Å². The molecule has 0 aliphatic carbocycles. The monoisotopic (exact) mass is 686 g/mol. The first kappa shape index (κ1) is 34.1. The second kappa shape index (κ2) is 14.0. The van der Waals surface area contributed by atoms with Crippen molar-refractivity contribution < 1.29 is 34.9 Å². The van der Waals surface area contributed by atoms with Gasteiger partial charge in [0.1, 0.15) is 0 Å². The molecule has 8 heteroatoms. The minimum absolute atomic E-state index is 0.0636. The van der Waals surface area contributed by atoms with E-state index in [-0.39, 0.29) is 48.4 Å². The average molecular weight is 687 g/mol. The Bertz CT molecular complexity index is 1960. The normalized spacial score (nSPS) is 12.1. The molecule has 6 aromatic rings. The van der Waals surface area contributed by atoms with Crippen LogP contribution in [0.3, 0.4) is 0 Å². The van der Waals surface area contributed by atoms with Gasteiger partial charge in [0.2, 0.25) is 0 Å². The molecule has 0 aromatic heterocycles. The van der Waals surface area contributed by atoms with E-state index in [1.807, 2.05) is 110 Å². The van der Waals surface area contributed by atoms with Gasteiger partial charge in [-0.3, -0.25) is 0 Å². The van der Waals surface area contributed by atoms with E-state index in [0.717, 1.165) is 32.6 Å². The van der Waals surface area contributed by atoms with E-state index < -0.39 is 12.8 Å². The van der Waals surface area contributed by atoms with Crippen molar-refractivity contribution in [2.75, 3.05) is 6.16 Å². The first-order valence-electron chi connectivity index (χ1n) is 16.3. The molecule has 6 rings (SSSR count). The van der Waals surface area contributed by atoms with E-state index in [4.69, 9.17) is 4.52 Å². The summed E-state index contributed by atoms with van der Waals surface area (Å²) in [5.74, 6) is -0.744. The molecular formula is C42H39O7P. The number of phenols is 4. The summed E-state index contributed by atoms with van der Waals surface area (Å²) in [6.45, 7) is -2.31. The SMILES string of the molecule is Cc1cc(Cc2ccc(O)cc2O)c(OP(CCC(=O)O)(c2ccccc2)(c2ccccc2)c2ccccc2)c(Cc2ccc(O)cc2O)c1. The third-order valence-electron chi connectivity index (χ3n) is 9.24. The summed E-state index contributed by atoms with van der Waals surface area (Å²) in [6, 6.07) is 42.4. The van der Waals surface area contributed by atoms with Crippen LogP contribution in [0.15, 0.2) is 140 Å². The zero-order valence-corrected chi connectivity index (χ0v) is 28.5. The van der Waals surface area contributed by atoms with E-state index in [0.29, 0.717) is 16.9 Å². The van der Waals surface area contributed by atoms with Gasteiger partial charge in [-0.1, -0.05) is 0 Å². The van der Waals surface area contributed by atoms with Crippen LogP contribution in [0, 0.1) is 6.92 Å². The molecule has 0 unspecified atom stereocenters. The molecule has 7 nitrogen and oxygen atoms in total. The standard InChI is InChI=1S/C42H39O7P/c1-29-23-32(25-30-17-19-34(43)27-39(30)45)42(33(24-29)26-31-18-20-35(44)28-40(31)46)49-50(22-21-41(47)48,36-11-5-2-6-12-36,37-13-7-3-8-14-37)38-15-9-4-10-16-38/h2-20,23-24,27-28,43-46H,21-22,25-26H2,1H3,(H,47,48). The Labute approximate surface area is 291 Å². The fraction of sp³-hybridized carbons (Fsp3) is 0.119. The second-order valence-corrected chi connectivity index (χ2v) is 17.2. The van der Waals surface area contributed by atoms with E-state index in [9.17, 15) is 30.3 Å². The van der Waals surface area contributed by atoms with E-state index in [1.54, 1.807) is 12.1 Å². The van der Waals surface area contributed by atoms with E-state index in [1.165, 1.54) is 24.3 Å². The van der Waals surface area contributed by atoms with Gasteiger partial charge in [0, 0.05) is 0 Å². The van der Waals surface area contributed by atoms with Crippen molar-refractivity contribution in [3.8, 4) is 28.7 Å². The Balaban J connectivity index is 1.73. The minimum atomic E-state index is -4.26. The summed E-state index contributed by atoms with van der Waals surface area (Å²) in [5.41, 5.74) is 3.48. The van der Waals surface area contributed by atoms with Crippen molar-refractivity contribution in [2.24, 2.45) is 0 Å². The molecule has 0 amide bonds. The zero-order chi connectivity index (χ0) is 35.3. The van der Waals surface area contributed by atoms with E-state index >= 15 is 0 Å². The molecule has 0 atom stereocenters. The maximum atomic E-state index is 12.6. The first-order valence-corrected chi connectivity index (χ1v) is 18.7. The molecule has 0 aliphatic rings. The van der Waals surface area contributed by atoms with Gasteiger partial charge < -0.3 is 0 Å². The number of phenolic OH excluding ortho intramolecular Hbond substituents is 4. The summed E-state index contributed by atoms with van der Waals surface area (Å²) in [5, 5.41) is 54.8. The number of hydrogen-bond donors (Lipinski definition) is 5. The predicted molar refractivity (Wildman–Crippen MR) is 199 cm³/mol. The van der Waals surface area contributed by atoms with Gasteiger partial charge >= 0.3 is 292 Å². The molecule has 5 N–H and O–H groups in total. The van der Waals surface area contributed by atoms with Gasteiger partial charge in [-0.15, -0.1) is 0 Å². The third-order valence-corrected chi connectivity index (χ3v) is 15.1. The number of aliphatic carboxylic acids is 1. The number of carboxylic acids is 1. The Morgan fingerprint density at radius 3 is 1.32 bits per heavy atom. The van der Waals surface area contributed by atoms with Gasteiger partial charge in [-0.25, -0.2) is 0 Å². The second-order valence-electron chi connectivity index (χ2n) is 12.6. The van der Waals surface area contributed by atoms with Crippen molar-refractivity contribution in [1.82, 2.24) is 0 Å². The summed E-state index contributed by atoms with van der Waals surface area (Å²) < 4.78 is 7.89. The first-order chi connectivity index (χ1) is 24.1. The van der Waals surface area contributed by atoms with E-state index in [2.05, 4.69) is 0 Å². The molecule has 0 saturated carbocycles. The van der Waals surface area contributed by atoms with Crippen LogP contribution < -0.4 is 20.4 Å². The van der Waals surface area contributed by atoms with Crippen LogP contribution in [0.5, 0.6) is 28.7 Å². The molecule has 0 heterocycles. The number of aryl methyl sites for hydroxylation is 1. The zero-order valence-electron chi connectivity index (χ0n) is 27.6. The van der Waals surface area contributed by atoms with Gasteiger partial charge in [0.25, 0.3) is 0 Å². The van der Waals surface area contributed by atoms with Crippen molar-refractivity contribution >= 4 is 28.7 Å². The molecule has 0 fully saturated rings. The average Bonchev–Trinajstić information content (AvgIpc) is 3.11. The maximum absolute atomic E-state index is 12.6. The van der Waals surface area contributed by atoms with Crippen LogP contribution in [-0.4, -0.2) is 37.7 Å². The number of carbonyl (C=O) groups is 1. The Hall–Kier alpha value is -5.78. The van der Waals surface area contributed by atoms with Crippen LogP contribution in [0.25, 0.3) is 0 Å². The topological polar surface area (TPSA) is 127 Å². The fourth-order valence-corrected chi connectivity index (χ4v) is 12.6.